The Kier molecular flexibility index (Phi) is 9.20. The van der Waals surface area contributed by atoms with E-state index < -0.39 is 39.7 Å². The molecule has 1 aromatic rings. The number of esters is 1. The molecule has 1 heterocycles. The van der Waals surface area contributed by atoms with E-state index in [0.29, 0.717) is 29.4 Å². The number of nitrogens with zero attached hydrogens (tertiary/aromatic N) is 2. The largest absolute Gasteiger partial charge is 0.509 e. The summed E-state index contributed by atoms with van der Waals surface area (Å²) in [6.07, 6.45) is 0.751. The van der Waals surface area contributed by atoms with E-state index in [1.54, 1.807) is 6.92 Å². The summed E-state index contributed by atoms with van der Waals surface area (Å²) >= 11 is 3.68. The van der Waals surface area contributed by atoms with Gasteiger partial charge in [-0.2, -0.15) is 0 Å². The van der Waals surface area contributed by atoms with Crippen LogP contribution < -0.4 is 5.32 Å². The van der Waals surface area contributed by atoms with Gasteiger partial charge in [0.05, 0.1) is 10.3 Å². The molecule has 172 valence electrons. The molecule has 0 radical (unpaired) electrons. The topological polar surface area (TPSA) is 156 Å². The minimum Gasteiger partial charge on any atom is -0.509 e. The van der Waals surface area contributed by atoms with Gasteiger partial charge in [0.2, 0.25) is 5.91 Å². The Bertz CT molecular complexity index is 937. The Hall–Kier alpha value is -2.93. The number of aliphatic hydroxyl groups excluding tert-OH is 1. The van der Waals surface area contributed by atoms with Gasteiger partial charge in [0.25, 0.3) is 11.6 Å². The predicted molar refractivity (Wildman–Crippen MR) is 118 cm³/mol. The molecular weight excluding hydrogens is 510 g/mol. The SMILES string of the molecule is CCCC(=O)NC1C(=O)N(C(C(=O)OCc2ccc([N+](=O)[O-])cc2)=C(O)CBr)C1SC=O. The highest BCUT2D eigenvalue weighted by atomic mass is 79.9. The summed E-state index contributed by atoms with van der Waals surface area (Å²) in [5.41, 5.74) is 0.316. The van der Waals surface area contributed by atoms with Crippen LogP contribution in [0.1, 0.15) is 25.3 Å². The number of carbonyl (C=O) groups excluding carboxylic acids is 4. The number of amides is 2. The predicted octanol–water partition coefficient (Wildman–Crippen LogP) is 2.18. The summed E-state index contributed by atoms with van der Waals surface area (Å²) in [4.78, 5) is 59.4. The number of nitrogens with one attached hydrogen (secondary N) is 1. The zero-order chi connectivity index (χ0) is 23.8. The number of aliphatic hydroxyl groups is 1. The molecule has 0 bridgehead atoms. The lowest BCUT2D eigenvalue weighted by Crippen LogP contribution is -2.69. The summed E-state index contributed by atoms with van der Waals surface area (Å²) in [6, 6.07) is 4.26. The Labute approximate surface area is 195 Å². The zero-order valence-electron chi connectivity index (χ0n) is 16.9. The summed E-state index contributed by atoms with van der Waals surface area (Å²) in [6.45, 7) is 1.52. The minimum atomic E-state index is -1.04. The molecule has 2 atom stereocenters. The third-order valence-corrected chi connectivity index (χ3v) is 5.79. The molecule has 1 aliphatic rings. The standard InChI is InChI=1S/C19H20BrN3O8S/c1-2-3-14(26)21-15-17(27)22(18(15)32-10-24)16(13(25)8-20)19(28)31-9-11-4-6-12(7-5-11)23(29)30/h4-7,10,15,18,25H,2-3,8-9H2,1H3,(H,21,26). The molecule has 0 aromatic heterocycles. The number of non-ortho nitro benzene ring substituents is 1. The maximum absolute atomic E-state index is 12.7. The van der Waals surface area contributed by atoms with E-state index in [2.05, 4.69) is 21.2 Å². The van der Waals surface area contributed by atoms with E-state index in [1.807, 2.05) is 0 Å². The van der Waals surface area contributed by atoms with Crippen LogP contribution in [-0.4, -0.2) is 55.1 Å². The van der Waals surface area contributed by atoms with Crippen molar-refractivity contribution in [1.82, 2.24) is 10.2 Å². The van der Waals surface area contributed by atoms with Gasteiger partial charge in [-0.25, -0.2) is 4.79 Å². The second kappa shape index (κ2) is 11.6. The summed E-state index contributed by atoms with van der Waals surface area (Å²) < 4.78 is 5.17. The van der Waals surface area contributed by atoms with Crippen LogP contribution in [0.5, 0.6) is 0 Å². The van der Waals surface area contributed by atoms with Crippen LogP contribution in [-0.2, 0) is 30.5 Å². The number of β-lactam (4-membered cyclic amide) rings is 1. The number of rotatable bonds is 11. The fraction of sp³-hybridized carbons (Fsp3) is 0.368. The highest BCUT2D eigenvalue weighted by molar-refractivity contribution is 9.09. The number of carbonyl (C=O) groups is 4. The van der Waals surface area contributed by atoms with Gasteiger partial charge in [-0.05, 0) is 24.1 Å². The Morgan fingerprint density at radius 2 is 2.03 bits per heavy atom. The van der Waals surface area contributed by atoms with E-state index in [-0.39, 0.29) is 30.0 Å². The van der Waals surface area contributed by atoms with Crippen LogP contribution in [0.2, 0.25) is 0 Å². The maximum Gasteiger partial charge on any atom is 0.358 e. The molecule has 2 amide bonds. The van der Waals surface area contributed by atoms with Crippen LogP contribution >= 0.6 is 27.7 Å². The first kappa shape index (κ1) is 25.3. The van der Waals surface area contributed by atoms with E-state index in [9.17, 15) is 34.4 Å². The molecule has 13 heteroatoms. The van der Waals surface area contributed by atoms with Gasteiger partial charge in [-0.15, -0.1) is 0 Å². The number of benzene rings is 1. The molecular formula is C19H20BrN3O8S. The molecule has 1 fully saturated rings. The van der Waals surface area contributed by atoms with Gasteiger partial charge >= 0.3 is 5.97 Å². The summed E-state index contributed by atoms with van der Waals surface area (Å²) in [7, 11) is 0. The van der Waals surface area contributed by atoms with Crippen LogP contribution in [0.3, 0.4) is 0 Å². The lowest BCUT2D eigenvalue weighted by atomic mass is 10.0. The lowest BCUT2D eigenvalue weighted by Gasteiger charge is -2.45. The number of thioether (sulfide) groups is 1. The van der Waals surface area contributed by atoms with E-state index in [0.717, 1.165) is 4.90 Å². The van der Waals surface area contributed by atoms with Crippen molar-refractivity contribution in [1.29, 1.82) is 0 Å². The van der Waals surface area contributed by atoms with Crippen molar-refractivity contribution in [2.75, 3.05) is 5.33 Å². The molecule has 2 unspecified atom stereocenters. The molecule has 2 rings (SSSR count). The number of nitro groups is 1. The van der Waals surface area contributed by atoms with Crippen LogP contribution in [0.4, 0.5) is 5.69 Å². The van der Waals surface area contributed by atoms with Gasteiger partial charge in [0.1, 0.15) is 23.8 Å². The summed E-state index contributed by atoms with van der Waals surface area (Å²) in [5, 5.41) is 22.4. The van der Waals surface area contributed by atoms with Crippen molar-refractivity contribution < 1.29 is 33.9 Å². The lowest BCUT2D eigenvalue weighted by molar-refractivity contribution is -0.384. The number of nitro benzene ring substituents is 1. The first-order valence-electron chi connectivity index (χ1n) is 9.35. The average molecular weight is 530 g/mol. The molecule has 0 saturated carbocycles. The van der Waals surface area contributed by atoms with Gasteiger partial charge in [0.15, 0.2) is 11.3 Å². The number of alkyl halides is 1. The number of allylic oxidation sites excluding steroid dienone is 1. The van der Waals surface area contributed by atoms with E-state index >= 15 is 0 Å². The molecule has 2 N–H and O–H groups in total. The third-order valence-electron chi connectivity index (χ3n) is 4.38. The smallest absolute Gasteiger partial charge is 0.358 e. The monoisotopic (exact) mass is 529 g/mol. The number of ether oxygens (including phenoxy) is 1. The Morgan fingerprint density at radius 3 is 2.56 bits per heavy atom. The molecule has 1 aliphatic heterocycles. The molecule has 1 aromatic carbocycles. The highest BCUT2D eigenvalue weighted by Crippen LogP contribution is 2.34. The number of likely N-dealkylation sites (tertiary alicyclic amines) is 1. The van der Waals surface area contributed by atoms with Crippen LogP contribution in [0, 0.1) is 10.1 Å². The van der Waals surface area contributed by atoms with Crippen molar-refractivity contribution in [2.45, 2.75) is 37.8 Å². The van der Waals surface area contributed by atoms with Gasteiger partial charge < -0.3 is 15.2 Å². The van der Waals surface area contributed by atoms with Gasteiger partial charge in [0, 0.05) is 18.6 Å². The molecule has 0 aliphatic carbocycles. The van der Waals surface area contributed by atoms with Gasteiger partial charge in [-0.1, -0.05) is 34.6 Å². The number of hydrogen-bond acceptors (Lipinski definition) is 9. The molecule has 11 nitrogen and oxygen atoms in total. The first-order chi connectivity index (χ1) is 15.2. The fourth-order valence-corrected chi connectivity index (χ4v) is 3.91. The average Bonchev–Trinajstić information content (AvgIpc) is 2.78. The second-order valence-electron chi connectivity index (χ2n) is 6.55. The normalized spacial score (nSPS) is 18.3. The van der Waals surface area contributed by atoms with Crippen molar-refractivity contribution in [3.05, 3.63) is 51.4 Å². The van der Waals surface area contributed by atoms with Crippen molar-refractivity contribution in [3.8, 4) is 0 Å². The van der Waals surface area contributed by atoms with E-state index in [4.69, 9.17) is 4.74 Å². The summed E-state index contributed by atoms with van der Waals surface area (Å²) in [5.74, 6) is -2.59. The number of halogens is 1. The Balaban J connectivity index is 2.18. The zero-order valence-corrected chi connectivity index (χ0v) is 19.3. The first-order valence-corrected chi connectivity index (χ1v) is 11.4. The van der Waals surface area contributed by atoms with Crippen LogP contribution in [0.15, 0.2) is 35.7 Å². The fourth-order valence-electron chi connectivity index (χ4n) is 2.85. The number of hydrogen-bond donors (Lipinski definition) is 2. The third kappa shape index (κ3) is 5.85. The second-order valence-corrected chi connectivity index (χ2v) is 8.06. The van der Waals surface area contributed by atoms with Crippen molar-refractivity contribution in [3.63, 3.8) is 0 Å². The maximum atomic E-state index is 12.7. The van der Waals surface area contributed by atoms with E-state index in [1.165, 1.54) is 24.3 Å². The van der Waals surface area contributed by atoms with Crippen molar-refractivity contribution in [2.24, 2.45) is 0 Å². The molecule has 1 saturated heterocycles. The quantitative estimate of drug-likeness (QED) is 0.0640. The highest BCUT2D eigenvalue weighted by Gasteiger charge is 2.52. The van der Waals surface area contributed by atoms with Crippen LogP contribution in [0.25, 0.3) is 0 Å². The van der Waals surface area contributed by atoms with Crippen molar-refractivity contribution >= 4 is 56.8 Å². The molecule has 32 heavy (non-hydrogen) atoms. The minimum absolute atomic E-state index is 0.131. The molecule has 0 spiro atoms. The van der Waals surface area contributed by atoms with Gasteiger partial charge in [-0.3, -0.25) is 29.4 Å². The Morgan fingerprint density at radius 1 is 1.38 bits per heavy atom.